The number of fused-ring (bicyclic) bond motifs is 1. The Morgan fingerprint density at radius 2 is 1.62 bits per heavy atom. The van der Waals surface area contributed by atoms with Crippen LogP contribution in [0, 0.1) is 6.92 Å². The number of thiophene rings is 1. The molecule has 5 rings (SSSR count). The third kappa shape index (κ3) is 3.52. The summed E-state index contributed by atoms with van der Waals surface area (Å²) in [4.78, 5) is 37.4. The van der Waals surface area contributed by atoms with Gasteiger partial charge in [-0.2, -0.15) is 0 Å². The van der Waals surface area contributed by atoms with Crippen LogP contribution in [0.3, 0.4) is 0 Å². The van der Waals surface area contributed by atoms with Crippen LogP contribution in [-0.2, 0) is 9.59 Å². The van der Waals surface area contributed by atoms with E-state index < -0.39 is 17.8 Å². The molecule has 0 saturated carbocycles. The second kappa shape index (κ2) is 7.94. The number of barbiturate groups is 1. The summed E-state index contributed by atoms with van der Waals surface area (Å²) in [5.41, 5.74) is 3.58. The minimum atomic E-state index is -0.829. The van der Waals surface area contributed by atoms with Gasteiger partial charge in [-0.15, -0.1) is 11.3 Å². The Labute approximate surface area is 188 Å². The average molecular weight is 442 g/mol. The third-order valence-corrected chi connectivity index (χ3v) is 6.28. The van der Waals surface area contributed by atoms with Gasteiger partial charge >= 0.3 is 6.03 Å². The Morgan fingerprint density at radius 3 is 2.31 bits per heavy atom. The zero-order chi connectivity index (χ0) is 22.2. The van der Waals surface area contributed by atoms with Crippen molar-refractivity contribution in [3.63, 3.8) is 0 Å². The molecule has 1 aromatic heterocycles. The fraction of sp³-hybridized carbons (Fsp3) is 0.0800. The maximum atomic E-state index is 12.5. The summed E-state index contributed by atoms with van der Waals surface area (Å²) in [6, 6.07) is 18.9. The molecule has 1 atom stereocenters. The summed E-state index contributed by atoms with van der Waals surface area (Å²) < 4.78 is 6.31. The predicted molar refractivity (Wildman–Crippen MR) is 121 cm³/mol. The highest BCUT2D eigenvalue weighted by molar-refractivity contribution is 7.11. The van der Waals surface area contributed by atoms with Gasteiger partial charge in [0.15, 0.2) is 0 Å². The van der Waals surface area contributed by atoms with Crippen LogP contribution in [0.2, 0.25) is 0 Å². The van der Waals surface area contributed by atoms with Gasteiger partial charge in [-0.25, -0.2) is 4.79 Å². The van der Waals surface area contributed by atoms with Crippen LogP contribution in [0.1, 0.15) is 27.5 Å². The molecular weight excluding hydrogens is 424 g/mol. The lowest BCUT2D eigenvalue weighted by molar-refractivity contribution is -0.124. The molecule has 2 aliphatic heterocycles. The smallest absolute Gasteiger partial charge is 0.328 e. The van der Waals surface area contributed by atoms with Crippen LogP contribution in [-0.4, -0.2) is 17.8 Å². The van der Waals surface area contributed by atoms with Gasteiger partial charge in [-0.3, -0.25) is 20.2 Å². The Bertz CT molecular complexity index is 1280. The lowest BCUT2D eigenvalue weighted by atomic mass is 9.81. The molecule has 0 aliphatic carbocycles. The zero-order valence-electron chi connectivity index (χ0n) is 17.0. The number of benzene rings is 2. The van der Waals surface area contributed by atoms with Crippen LogP contribution in [0.25, 0.3) is 5.76 Å². The third-order valence-electron chi connectivity index (χ3n) is 5.41. The number of urea groups is 1. The minimum absolute atomic E-state index is 0.145. The number of allylic oxidation sites excluding steroid dienone is 2. The maximum absolute atomic E-state index is 12.5. The number of amides is 4. The minimum Gasteiger partial charge on any atom is -0.455 e. The van der Waals surface area contributed by atoms with Crippen molar-refractivity contribution >= 4 is 34.9 Å². The average Bonchev–Trinajstić information content (AvgIpc) is 3.31. The first-order chi connectivity index (χ1) is 15.5. The topological polar surface area (TPSA) is 84.5 Å². The van der Waals surface area contributed by atoms with Gasteiger partial charge in [-0.1, -0.05) is 54.1 Å². The summed E-state index contributed by atoms with van der Waals surface area (Å²) >= 11 is 1.50. The van der Waals surface area contributed by atoms with Gasteiger partial charge in [0.2, 0.25) is 0 Å². The molecule has 32 heavy (non-hydrogen) atoms. The molecule has 1 fully saturated rings. The van der Waals surface area contributed by atoms with E-state index in [-0.39, 0.29) is 11.5 Å². The van der Waals surface area contributed by atoms with Crippen molar-refractivity contribution in [2.24, 2.45) is 0 Å². The fourth-order valence-corrected chi connectivity index (χ4v) is 4.64. The van der Waals surface area contributed by atoms with E-state index in [0.717, 1.165) is 27.3 Å². The van der Waals surface area contributed by atoms with Crippen LogP contribution >= 0.6 is 11.3 Å². The van der Waals surface area contributed by atoms with Crippen LogP contribution in [0.5, 0.6) is 5.75 Å². The van der Waals surface area contributed by atoms with Crippen molar-refractivity contribution in [1.29, 1.82) is 0 Å². The van der Waals surface area contributed by atoms with Crippen LogP contribution in [0.4, 0.5) is 4.79 Å². The molecule has 2 N–H and O–H groups in total. The Balaban J connectivity index is 1.77. The first-order valence-corrected chi connectivity index (χ1v) is 10.9. The van der Waals surface area contributed by atoms with E-state index in [1.165, 1.54) is 17.4 Å². The molecule has 2 aliphatic rings. The van der Waals surface area contributed by atoms with E-state index in [1.54, 1.807) is 0 Å². The predicted octanol–water partition coefficient (Wildman–Crippen LogP) is 4.28. The van der Waals surface area contributed by atoms with Crippen molar-refractivity contribution in [2.45, 2.75) is 12.8 Å². The van der Waals surface area contributed by atoms with Crippen molar-refractivity contribution in [2.75, 3.05) is 0 Å². The molecule has 0 spiro atoms. The van der Waals surface area contributed by atoms with Crippen molar-refractivity contribution in [1.82, 2.24) is 10.6 Å². The van der Waals surface area contributed by atoms with Crippen LogP contribution in [0.15, 0.2) is 83.3 Å². The summed E-state index contributed by atoms with van der Waals surface area (Å²) in [6.45, 7) is 2.02. The molecule has 0 bridgehead atoms. The molecular formula is C25H18N2O4S. The number of hydrogen-bond acceptors (Lipinski definition) is 5. The van der Waals surface area contributed by atoms with Crippen molar-refractivity contribution in [3.05, 3.63) is 105 Å². The molecule has 3 heterocycles. The van der Waals surface area contributed by atoms with Gasteiger partial charge < -0.3 is 4.74 Å². The highest BCUT2D eigenvalue weighted by atomic mass is 32.1. The lowest BCUT2D eigenvalue weighted by Gasteiger charge is -2.30. The highest BCUT2D eigenvalue weighted by Crippen LogP contribution is 2.47. The standard InChI is InChI=1S/C25H18N2O4S/c1-14-8-10-15(11-9-14)21-16-5-2-3-6-19(16)31-22(20-7-4-12-32-20)17(21)13-18-23(28)26-25(30)27-24(18)29/h2-13,21H,1H3,(H2,26,27,28,29,30)/t21-/m0/s1. The largest absolute Gasteiger partial charge is 0.455 e. The number of nitrogens with one attached hydrogen (secondary N) is 2. The molecule has 0 radical (unpaired) electrons. The van der Waals surface area contributed by atoms with E-state index in [1.807, 2.05) is 73.0 Å². The van der Waals surface area contributed by atoms with Gasteiger partial charge in [0.25, 0.3) is 11.8 Å². The molecule has 6 nitrogen and oxygen atoms in total. The molecule has 2 aromatic carbocycles. The number of rotatable bonds is 3. The number of carbonyl (C=O) groups is 3. The molecule has 0 unspecified atom stereocenters. The van der Waals surface area contributed by atoms with E-state index in [9.17, 15) is 14.4 Å². The molecule has 158 valence electrons. The van der Waals surface area contributed by atoms with Crippen molar-refractivity contribution < 1.29 is 19.1 Å². The molecule has 7 heteroatoms. The maximum Gasteiger partial charge on any atom is 0.328 e. The van der Waals surface area contributed by atoms with Gasteiger partial charge in [0.05, 0.1) is 4.88 Å². The first kappa shape index (κ1) is 20.0. The zero-order valence-corrected chi connectivity index (χ0v) is 17.9. The first-order valence-electron chi connectivity index (χ1n) is 10.0. The van der Waals surface area contributed by atoms with E-state index in [0.29, 0.717) is 11.3 Å². The second-order valence-electron chi connectivity index (χ2n) is 7.54. The summed E-state index contributed by atoms with van der Waals surface area (Å²) in [5.74, 6) is -0.453. The quantitative estimate of drug-likeness (QED) is 0.468. The second-order valence-corrected chi connectivity index (χ2v) is 8.49. The molecule has 3 aromatic rings. The number of carbonyl (C=O) groups excluding carboxylic acids is 3. The number of aryl methyl sites for hydroxylation is 1. The Hall–Kier alpha value is -3.97. The Morgan fingerprint density at radius 1 is 0.906 bits per heavy atom. The summed E-state index contributed by atoms with van der Waals surface area (Å²) in [5, 5.41) is 6.22. The number of para-hydroxylation sites is 1. The number of imide groups is 2. The summed E-state index contributed by atoms with van der Waals surface area (Å²) in [6.07, 6.45) is 1.53. The number of hydrogen-bond donors (Lipinski definition) is 2. The molecule has 4 amide bonds. The van der Waals surface area contributed by atoms with Gasteiger partial charge in [0, 0.05) is 17.1 Å². The van der Waals surface area contributed by atoms with E-state index in [4.69, 9.17) is 4.74 Å². The molecule has 1 saturated heterocycles. The highest BCUT2D eigenvalue weighted by Gasteiger charge is 2.34. The van der Waals surface area contributed by atoms with Gasteiger partial charge in [0.1, 0.15) is 17.1 Å². The summed E-state index contributed by atoms with van der Waals surface area (Å²) in [7, 11) is 0. The van der Waals surface area contributed by atoms with E-state index >= 15 is 0 Å². The van der Waals surface area contributed by atoms with E-state index in [2.05, 4.69) is 10.6 Å². The number of ether oxygens (including phenoxy) is 1. The Kier molecular flexibility index (Phi) is 4.95. The fourth-order valence-electron chi connectivity index (χ4n) is 3.91. The lowest BCUT2D eigenvalue weighted by Crippen LogP contribution is -2.51. The van der Waals surface area contributed by atoms with Crippen LogP contribution < -0.4 is 15.4 Å². The van der Waals surface area contributed by atoms with Crippen molar-refractivity contribution in [3.8, 4) is 5.75 Å². The monoisotopic (exact) mass is 442 g/mol. The SMILES string of the molecule is Cc1ccc([C@@H]2C(C=C3C(=O)NC(=O)NC3=O)=C(c3cccs3)Oc3ccccc32)cc1. The van der Waals surface area contributed by atoms with Gasteiger partial charge in [-0.05, 0) is 36.1 Å². The normalized spacial score (nSPS) is 18.0.